The second-order valence-corrected chi connectivity index (χ2v) is 5.06. The molecule has 0 aromatic rings. The first-order chi connectivity index (χ1) is 7.02. The largest absolute Gasteiger partial charge is 0.368 e. The zero-order valence-corrected chi connectivity index (χ0v) is 10.5. The molecular formula is C13H24O2. The van der Waals surface area contributed by atoms with E-state index >= 15 is 0 Å². The summed E-state index contributed by atoms with van der Waals surface area (Å²) in [5, 5.41) is 0. The molecular weight excluding hydrogens is 188 g/mol. The maximum Gasteiger partial charge on any atom is 0.161 e. The van der Waals surface area contributed by atoms with Gasteiger partial charge >= 0.3 is 0 Å². The second-order valence-electron chi connectivity index (χ2n) is 5.06. The topological polar surface area (TPSA) is 26.3 Å². The van der Waals surface area contributed by atoms with E-state index in [0.29, 0.717) is 6.61 Å². The van der Waals surface area contributed by atoms with E-state index in [9.17, 15) is 4.79 Å². The standard InChI is InChI=1S/C13H24O2/c1-5-15-13(11(4)14)8-6-12(7-9-13)10(2)3/h10,12H,5-9H2,1-4H3. The van der Waals surface area contributed by atoms with Gasteiger partial charge in [0.1, 0.15) is 5.60 Å². The van der Waals surface area contributed by atoms with Crippen LogP contribution < -0.4 is 0 Å². The Morgan fingerprint density at radius 3 is 2.27 bits per heavy atom. The van der Waals surface area contributed by atoms with Crippen LogP contribution in [0.1, 0.15) is 53.4 Å². The summed E-state index contributed by atoms with van der Waals surface area (Å²) in [7, 11) is 0. The van der Waals surface area contributed by atoms with Crippen molar-refractivity contribution in [3.8, 4) is 0 Å². The summed E-state index contributed by atoms with van der Waals surface area (Å²) in [6.45, 7) is 8.83. The Kier molecular flexibility index (Phi) is 4.32. The van der Waals surface area contributed by atoms with E-state index in [2.05, 4.69) is 13.8 Å². The van der Waals surface area contributed by atoms with Crippen molar-refractivity contribution in [3.05, 3.63) is 0 Å². The Balaban J connectivity index is 2.61. The van der Waals surface area contributed by atoms with Crippen molar-refractivity contribution in [1.29, 1.82) is 0 Å². The fourth-order valence-electron chi connectivity index (χ4n) is 2.65. The molecule has 1 fully saturated rings. The molecule has 1 aliphatic rings. The number of ketones is 1. The zero-order chi connectivity index (χ0) is 11.5. The monoisotopic (exact) mass is 212 g/mol. The van der Waals surface area contributed by atoms with E-state index in [1.54, 1.807) is 6.92 Å². The summed E-state index contributed by atoms with van der Waals surface area (Å²) in [5.41, 5.74) is -0.444. The van der Waals surface area contributed by atoms with Crippen molar-refractivity contribution in [2.24, 2.45) is 11.8 Å². The third kappa shape index (κ3) is 2.81. The molecule has 1 saturated carbocycles. The molecule has 15 heavy (non-hydrogen) atoms. The molecule has 2 heteroatoms. The first kappa shape index (κ1) is 12.7. The minimum Gasteiger partial charge on any atom is -0.368 e. The molecule has 0 atom stereocenters. The molecule has 0 heterocycles. The van der Waals surface area contributed by atoms with Gasteiger partial charge in [0.05, 0.1) is 0 Å². The maximum atomic E-state index is 11.7. The predicted octanol–water partition coefficient (Wildman–Crippen LogP) is 3.20. The lowest BCUT2D eigenvalue weighted by atomic mass is 9.73. The molecule has 0 bridgehead atoms. The van der Waals surface area contributed by atoms with E-state index < -0.39 is 5.60 Å². The molecule has 0 aliphatic heterocycles. The van der Waals surface area contributed by atoms with Crippen LogP contribution in [0.5, 0.6) is 0 Å². The summed E-state index contributed by atoms with van der Waals surface area (Å²) < 4.78 is 5.71. The molecule has 2 nitrogen and oxygen atoms in total. The molecule has 0 aromatic heterocycles. The van der Waals surface area contributed by atoms with E-state index in [1.807, 2.05) is 6.92 Å². The van der Waals surface area contributed by atoms with Gasteiger partial charge in [-0.05, 0) is 51.4 Å². The first-order valence-electron chi connectivity index (χ1n) is 6.17. The van der Waals surface area contributed by atoms with Gasteiger partial charge in [-0.1, -0.05) is 13.8 Å². The highest BCUT2D eigenvalue weighted by Crippen LogP contribution is 2.38. The summed E-state index contributed by atoms with van der Waals surface area (Å²) >= 11 is 0. The molecule has 0 saturated heterocycles. The average Bonchev–Trinajstić information content (AvgIpc) is 2.18. The van der Waals surface area contributed by atoms with Gasteiger partial charge < -0.3 is 4.74 Å². The summed E-state index contributed by atoms with van der Waals surface area (Å²) in [4.78, 5) is 11.7. The van der Waals surface area contributed by atoms with Gasteiger partial charge in [0.2, 0.25) is 0 Å². The number of ether oxygens (including phenoxy) is 1. The average molecular weight is 212 g/mol. The van der Waals surface area contributed by atoms with Gasteiger partial charge in [-0.3, -0.25) is 4.79 Å². The highest BCUT2D eigenvalue weighted by molar-refractivity contribution is 5.85. The van der Waals surface area contributed by atoms with Crippen molar-refractivity contribution < 1.29 is 9.53 Å². The molecule has 0 unspecified atom stereocenters. The van der Waals surface area contributed by atoms with Crippen LogP contribution in [0.15, 0.2) is 0 Å². The molecule has 0 N–H and O–H groups in total. The van der Waals surface area contributed by atoms with Gasteiger partial charge in [-0.25, -0.2) is 0 Å². The molecule has 0 aromatic carbocycles. The van der Waals surface area contributed by atoms with Crippen molar-refractivity contribution in [2.45, 2.75) is 59.0 Å². The number of rotatable bonds is 4. The van der Waals surface area contributed by atoms with Crippen LogP contribution in [0.25, 0.3) is 0 Å². The van der Waals surface area contributed by atoms with Crippen LogP contribution in [0.2, 0.25) is 0 Å². The van der Waals surface area contributed by atoms with Crippen molar-refractivity contribution in [1.82, 2.24) is 0 Å². The summed E-state index contributed by atoms with van der Waals surface area (Å²) in [6, 6.07) is 0. The van der Waals surface area contributed by atoms with Crippen molar-refractivity contribution in [2.75, 3.05) is 6.61 Å². The Bertz CT molecular complexity index is 213. The number of hydrogen-bond acceptors (Lipinski definition) is 2. The van der Waals surface area contributed by atoms with Crippen LogP contribution in [0, 0.1) is 11.8 Å². The minimum atomic E-state index is -0.444. The first-order valence-corrected chi connectivity index (χ1v) is 6.17. The smallest absolute Gasteiger partial charge is 0.161 e. The predicted molar refractivity (Wildman–Crippen MR) is 61.8 cm³/mol. The van der Waals surface area contributed by atoms with Crippen molar-refractivity contribution in [3.63, 3.8) is 0 Å². The van der Waals surface area contributed by atoms with Crippen LogP contribution in [-0.4, -0.2) is 18.0 Å². The van der Waals surface area contributed by atoms with Gasteiger partial charge in [0, 0.05) is 6.61 Å². The van der Waals surface area contributed by atoms with Crippen LogP contribution in [-0.2, 0) is 9.53 Å². The molecule has 0 spiro atoms. The highest BCUT2D eigenvalue weighted by atomic mass is 16.5. The van der Waals surface area contributed by atoms with E-state index in [-0.39, 0.29) is 5.78 Å². The lowest BCUT2D eigenvalue weighted by Gasteiger charge is -2.39. The number of carbonyl (C=O) groups is 1. The molecule has 1 aliphatic carbocycles. The van der Waals surface area contributed by atoms with Gasteiger partial charge in [-0.15, -0.1) is 0 Å². The van der Waals surface area contributed by atoms with E-state index in [0.717, 1.165) is 37.5 Å². The Labute approximate surface area is 93.4 Å². The lowest BCUT2D eigenvalue weighted by Crippen LogP contribution is -2.44. The second kappa shape index (κ2) is 5.11. The lowest BCUT2D eigenvalue weighted by molar-refractivity contribution is -0.148. The highest BCUT2D eigenvalue weighted by Gasteiger charge is 2.40. The summed E-state index contributed by atoms with van der Waals surface area (Å²) in [6.07, 6.45) is 4.10. The Hall–Kier alpha value is -0.370. The number of hydrogen-bond donors (Lipinski definition) is 0. The minimum absolute atomic E-state index is 0.214. The molecule has 1 rings (SSSR count). The van der Waals surface area contributed by atoms with Crippen LogP contribution in [0.4, 0.5) is 0 Å². The van der Waals surface area contributed by atoms with Crippen LogP contribution in [0.3, 0.4) is 0 Å². The molecule has 0 radical (unpaired) electrons. The van der Waals surface area contributed by atoms with Gasteiger partial charge in [0.25, 0.3) is 0 Å². The normalized spacial score (nSPS) is 31.9. The summed E-state index contributed by atoms with van der Waals surface area (Å²) in [5.74, 6) is 1.72. The maximum absolute atomic E-state index is 11.7. The number of Topliss-reactive ketones (excluding diaryl/α,β-unsaturated/α-hetero) is 1. The molecule has 88 valence electrons. The van der Waals surface area contributed by atoms with Crippen molar-refractivity contribution >= 4 is 5.78 Å². The SMILES string of the molecule is CCOC1(C(C)=O)CCC(C(C)C)CC1. The van der Waals surface area contributed by atoms with E-state index in [4.69, 9.17) is 4.74 Å². The fourth-order valence-corrected chi connectivity index (χ4v) is 2.65. The van der Waals surface area contributed by atoms with Gasteiger partial charge in [-0.2, -0.15) is 0 Å². The number of carbonyl (C=O) groups excluding carboxylic acids is 1. The van der Waals surface area contributed by atoms with Gasteiger partial charge in [0.15, 0.2) is 5.78 Å². The quantitative estimate of drug-likeness (QED) is 0.715. The Morgan fingerprint density at radius 2 is 1.93 bits per heavy atom. The zero-order valence-electron chi connectivity index (χ0n) is 10.5. The Morgan fingerprint density at radius 1 is 1.40 bits per heavy atom. The fraction of sp³-hybridized carbons (Fsp3) is 0.923. The van der Waals surface area contributed by atoms with E-state index in [1.165, 1.54) is 0 Å². The van der Waals surface area contributed by atoms with Crippen LogP contribution >= 0.6 is 0 Å². The molecule has 0 amide bonds. The third-order valence-corrected chi connectivity index (χ3v) is 3.84. The third-order valence-electron chi connectivity index (χ3n) is 3.84.